The second-order valence-corrected chi connectivity index (χ2v) is 5.69. The molecule has 100 valence electrons. The van der Waals surface area contributed by atoms with Gasteiger partial charge in [0, 0.05) is 10.9 Å². The lowest BCUT2D eigenvalue weighted by Gasteiger charge is -2.07. The molecule has 0 saturated carbocycles. The van der Waals surface area contributed by atoms with Gasteiger partial charge in [0.05, 0.1) is 11.2 Å². The monoisotopic (exact) mass is 261 g/mol. The topological polar surface area (TPSA) is 12.9 Å². The summed E-state index contributed by atoms with van der Waals surface area (Å²) in [5.41, 5.74) is 4.66. The van der Waals surface area contributed by atoms with E-state index in [1.165, 1.54) is 16.5 Å². The summed E-state index contributed by atoms with van der Waals surface area (Å²) in [6.07, 6.45) is 1.10. The molecule has 0 radical (unpaired) electrons. The minimum absolute atomic E-state index is 0.671. The highest BCUT2D eigenvalue weighted by atomic mass is 14.7. The van der Waals surface area contributed by atoms with E-state index in [4.69, 9.17) is 4.98 Å². The number of hydrogen-bond donors (Lipinski definition) is 0. The van der Waals surface area contributed by atoms with Crippen LogP contribution in [0.1, 0.15) is 19.4 Å². The van der Waals surface area contributed by atoms with Gasteiger partial charge in [0.1, 0.15) is 0 Å². The van der Waals surface area contributed by atoms with Gasteiger partial charge < -0.3 is 0 Å². The lowest BCUT2D eigenvalue weighted by Crippen LogP contribution is -1.94. The van der Waals surface area contributed by atoms with Crippen molar-refractivity contribution < 1.29 is 0 Å². The van der Waals surface area contributed by atoms with E-state index in [-0.39, 0.29) is 0 Å². The number of nitrogens with zero attached hydrogens (tertiary/aromatic N) is 1. The molecule has 0 atom stereocenters. The van der Waals surface area contributed by atoms with Crippen molar-refractivity contribution in [1.29, 1.82) is 0 Å². The van der Waals surface area contributed by atoms with Gasteiger partial charge in [-0.2, -0.15) is 0 Å². The second-order valence-electron chi connectivity index (χ2n) is 5.69. The highest BCUT2D eigenvalue weighted by molar-refractivity contribution is 5.82. The van der Waals surface area contributed by atoms with Crippen LogP contribution < -0.4 is 0 Å². The fourth-order valence-electron chi connectivity index (χ4n) is 2.53. The lowest BCUT2D eigenvalue weighted by molar-refractivity contribution is 0.648. The summed E-state index contributed by atoms with van der Waals surface area (Å²) in [7, 11) is 0. The predicted molar refractivity (Wildman–Crippen MR) is 85.7 cm³/mol. The molecular formula is C19H19N. The molecule has 3 aromatic rings. The summed E-state index contributed by atoms with van der Waals surface area (Å²) in [6, 6.07) is 21.2. The fourth-order valence-corrected chi connectivity index (χ4v) is 2.53. The largest absolute Gasteiger partial charge is 0.248 e. The Hall–Kier alpha value is -2.15. The average molecular weight is 261 g/mol. The van der Waals surface area contributed by atoms with Gasteiger partial charge in [-0.1, -0.05) is 62.4 Å². The van der Waals surface area contributed by atoms with Crippen LogP contribution in [0, 0.1) is 5.92 Å². The van der Waals surface area contributed by atoms with Crippen LogP contribution in [-0.2, 0) is 6.42 Å². The lowest BCUT2D eigenvalue weighted by atomic mass is 10.0. The molecule has 1 heterocycles. The fraction of sp³-hybridized carbons (Fsp3) is 0.211. The highest BCUT2D eigenvalue weighted by Gasteiger charge is 2.03. The van der Waals surface area contributed by atoms with E-state index >= 15 is 0 Å². The molecule has 20 heavy (non-hydrogen) atoms. The molecule has 0 fully saturated rings. The van der Waals surface area contributed by atoms with Crippen LogP contribution >= 0.6 is 0 Å². The minimum atomic E-state index is 0.671. The van der Waals surface area contributed by atoms with E-state index in [1.54, 1.807) is 0 Å². The number of aromatic nitrogens is 1. The maximum atomic E-state index is 4.81. The Morgan fingerprint density at radius 1 is 0.900 bits per heavy atom. The zero-order chi connectivity index (χ0) is 13.9. The average Bonchev–Trinajstić information content (AvgIpc) is 2.47. The normalized spacial score (nSPS) is 11.2. The predicted octanol–water partition coefficient (Wildman–Crippen LogP) is 5.10. The molecule has 0 bridgehead atoms. The molecule has 0 spiro atoms. The third kappa shape index (κ3) is 2.72. The molecule has 2 aromatic carbocycles. The van der Waals surface area contributed by atoms with Crippen LogP contribution in [-0.4, -0.2) is 4.98 Å². The van der Waals surface area contributed by atoms with Crippen LogP contribution in [0.25, 0.3) is 22.2 Å². The molecule has 1 nitrogen and oxygen atoms in total. The van der Waals surface area contributed by atoms with Gasteiger partial charge in [-0.25, -0.2) is 4.98 Å². The number of hydrogen-bond acceptors (Lipinski definition) is 1. The zero-order valence-electron chi connectivity index (χ0n) is 12.0. The molecular weight excluding hydrogens is 242 g/mol. The van der Waals surface area contributed by atoms with Gasteiger partial charge in [0.2, 0.25) is 0 Å². The highest BCUT2D eigenvalue weighted by Crippen LogP contribution is 2.22. The summed E-state index contributed by atoms with van der Waals surface area (Å²) in [5, 5.41) is 1.21. The van der Waals surface area contributed by atoms with Crippen molar-refractivity contribution in [1.82, 2.24) is 4.98 Å². The van der Waals surface area contributed by atoms with Gasteiger partial charge in [-0.3, -0.25) is 0 Å². The van der Waals surface area contributed by atoms with Crippen molar-refractivity contribution in [3.8, 4) is 11.3 Å². The molecule has 0 aliphatic heterocycles. The van der Waals surface area contributed by atoms with E-state index in [0.29, 0.717) is 5.92 Å². The van der Waals surface area contributed by atoms with E-state index in [1.807, 2.05) is 6.07 Å². The van der Waals surface area contributed by atoms with Crippen LogP contribution in [0.15, 0.2) is 60.7 Å². The Labute approximate surface area is 120 Å². The van der Waals surface area contributed by atoms with Gasteiger partial charge in [0.15, 0.2) is 0 Å². The van der Waals surface area contributed by atoms with E-state index < -0.39 is 0 Å². The van der Waals surface area contributed by atoms with Crippen LogP contribution in [0.5, 0.6) is 0 Å². The smallest absolute Gasteiger partial charge is 0.0712 e. The molecule has 0 N–H and O–H groups in total. The maximum Gasteiger partial charge on any atom is 0.0712 e. The van der Waals surface area contributed by atoms with Crippen molar-refractivity contribution in [2.24, 2.45) is 5.92 Å². The molecule has 1 heteroatoms. The molecule has 0 unspecified atom stereocenters. The summed E-state index contributed by atoms with van der Waals surface area (Å²) in [6.45, 7) is 4.50. The number of fused-ring (bicyclic) bond motifs is 1. The first-order valence-electron chi connectivity index (χ1n) is 7.17. The SMILES string of the molecule is CC(C)Cc1ccc2ccc(-c3ccccc3)nc2c1. The molecule has 3 rings (SSSR count). The first kappa shape index (κ1) is 12.9. The van der Waals surface area contributed by atoms with E-state index in [0.717, 1.165) is 17.6 Å². The quantitative estimate of drug-likeness (QED) is 0.639. The summed E-state index contributed by atoms with van der Waals surface area (Å²) < 4.78 is 0. The number of benzene rings is 2. The van der Waals surface area contributed by atoms with Crippen molar-refractivity contribution in [3.05, 3.63) is 66.2 Å². The molecule has 0 aliphatic rings. The number of pyridine rings is 1. The summed E-state index contributed by atoms with van der Waals surface area (Å²) in [5.74, 6) is 0.671. The van der Waals surface area contributed by atoms with E-state index in [9.17, 15) is 0 Å². The Morgan fingerprint density at radius 2 is 1.65 bits per heavy atom. The number of rotatable bonds is 3. The molecule has 0 aliphatic carbocycles. The van der Waals surface area contributed by atoms with Crippen LogP contribution in [0.2, 0.25) is 0 Å². The maximum absolute atomic E-state index is 4.81. The minimum Gasteiger partial charge on any atom is -0.248 e. The molecule has 0 saturated heterocycles. The second kappa shape index (κ2) is 5.46. The van der Waals surface area contributed by atoms with Crippen molar-refractivity contribution in [2.75, 3.05) is 0 Å². The van der Waals surface area contributed by atoms with Crippen LogP contribution in [0.3, 0.4) is 0 Å². The van der Waals surface area contributed by atoms with Gasteiger partial charge in [-0.15, -0.1) is 0 Å². The third-order valence-corrected chi connectivity index (χ3v) is 3.47. The zero-order valence-corrected chi connectivity index (χ0v) is 12.0. The third-order valence-electron chi connectivity index (χ3n) is 3.47. The Morgan fingerprint density at radius 3 is 2.40 bits per heavy atom. The standard InChI is InChI=1S/C19H19N/c1-14(2)12-15-8-9-17-10-11-18(20-19(17)13-15)16-6-4-3-5-7-16/h3-11,13-14H,12H2,1-2H3. The van der Waals surface area contributed by atoms with Crippen molar-refractivity contribution in [2.45, 2.75) is 20.3 Å². The molecule has 0 amide bonds. The Bertz CT molecular complexity index is 714. The van der Waals surface area contributed by atoms with Crippen molar-refractivity contribution >= 4 is 10.9 Å². The molecule has 1 aromatic heterocycles. The van der Waals surface area contributed by atoms with Gasteiger partial charge >= 0.3 is 0 Å². The van der Waals surface area contributed by atoms with Gasteiger partial charge in [0.25, 0.3) is 0 Å². The van der Waals surface area contributed by atoms with Gasteiger partial charge in [-0.05, 0) is 30.0 Å². The summed E-state index contributed by atoms with van der Waals surface area (Å²) in [4.78, 5) is 4.81. The first-order chi connectivity index (χ1) is 9.72. The van der Waals surface area contributed by atoms with Crippen molar-refractivity contribution in [3.63, 3.8) is 0 Å². The Kier molecular flexibility index (Phi) is 3.51. The van der Waals surface area contributed by atoms with E-state index in [2.05, 4.69) is 68.4 Å². The summed E-state index contributed by atoms with van der Waals surface area (Å²) >= 11 is 0. The first-order valence-corrected chi connectivity index (χ1v) is 7.17. The Balaban J connectivity index is 2.05. The van der Waals surface area contributed by atoms with Crippen LogP contribution in [0.4, 0.5) is 0 Å².